The molecule has 1 aromatic rings. The van der Waals surface area contributed by atoms with E-state index in [2.05, 4.69) is 25.3 Å². The zero-order valence-corrected chi connectivity index (χ0v) is 9.90. The number of H-pyrrole nitrogens is 1. The van der Waals surface area contributed by atoms with Gasteiger partial charge in [-0.2, -0.15) is 0 Å². The van der Waals surface area contributed by atoms with E-state index in [4.69, 9.17) is 4.74 Å². The predicted molar refractivity (Wildman–Crippen MR) is 61.0 cm³/mol. The van der Waals surface area contributed by atoms with Crippen LogP contribution in [0.3, 0.4) is 0 Å². The summed E-state index contributed by atoms with van der Waals surface area (Å²) < 4.78 is 9.68. The van der Waals surface area contributed by atoms with E-state index in [1.54, 1.807) is 0 Å². The predicted octanol–water partition coefficient (Wildman–Crippen LogP) is -1.74. The second-order valence-corrected chi connectivity index (χ2v) is 4.17. The fraction of sp³-hybridized carbons (Fsp3) is 0.700. The summed E-state index contributed by atoms with van der Waals surface area (Å²) in [5, 5.41) is 9.42. The van der Waals surface area contributed by atoms with Gasteiger partial charge in [-0.3, -0.25) is 14.3 Å². The van der Waals surface area contributed by atoms with Crippen LogP contribution in [0.4, 0.5) is 0 Å². The average molecular weight is 256 g/mol. The van der Waals surface area contributed by atoms with Crippen molar-refractivity contribution in [2.24, 2.45) is 5.92 Å². The smallest absolute Gasteiger partial charge is 0.380 e. The van der Waals surface area contributed by atoms with Gasteiger partial charge in [0.25, 0.3) is 0 Å². The van der Waals surface area contributed by atoms with Gasteiger partial charge in [0.2, 0.25) is 5.91 Å². The van der Waals surface area contributed by atoms with E-state index >= 15 is 0 Å². The van der Waals surface area contributed by atoms with Crippen LogP contribution in [0.5, 0.6) is 0 Å². The Morgan fingerprint density at radius 2 is 2.44 bits per heavy atom. The molecule has 3 N–H and O–H groups in total. The van der Waals surface area contributed by atoms with Crippen molar-refractivity contribution in [3.8, 4) is 0 Å². The highest BCUT2D eigenvalue weighted by Crippen LogP contribution is 1.98. The molecule has 1 aliphatic rings. The van der Waals surface area contributed by atoms with E-state index in [0.717, 1.165) is 13.1 Å². The third kappa shape index (κ3) is 3.97. The van der Waals surface area contributed by atoms with Gasteiger partial charge in [-0.05, 0) is 0 Å². The summed E-state index contributed by atoms with van der Waals surface area (Å²) in [6, 6.07) is 0. The Morgan fingerprint density at radius 1 is 1.56 bits per heavy atom. The first-order chi connectivity index (χ1) is 8.74. The molecule has 0 aliphatic carbocycles. The summed E-state index contributed by atoms with van der Waals surface area (Å²) in [6.45, 7) is 3.53. The van der Waals surface area contributed by atoms with Crippen molar-refractivity contribution in [1.29, 1.82) is 0 Å². The van der Waals surface area contributed by atoms with Gasteiger partial charge in [-0.15, -0.1) is 0 Å². The number of carbonyl (C=O) groups is 1. The molecule has 8 nitrogen and oxygen atoms in total. The number of nitrogens with one attached hydrogen (secondary N) is 3. The maximum atomic E-state index is 11.6. The number of aromatic nitrogens is 2. The molecular weight excluding hydrogens is 240 g/mol. The Bertz CT molecular complexity index is 433. The molecule has 2 heterocycles. The van der Waals surface area contributed by atoms with Crippen molar-refractivity contribution >= 4 is 5.91 Å². The van der Waals surface area contributed by atoms with Crippen molar-refractivity contribution in [3.05, 3.63) is 16.4 Å². The van der Waals surface area contributed by atoms with Gasteiger partial charge in [0, 0.05) is 25.6 Å². The lowest BCUT2D eigenvalue weighted by Gasteiger charge is -2.14. The number of ether oxygens (including phenoxy) is 1. The molecule has 2 rings (SSSR count). The number of amides is 1. The molecule has 1 fully saturated rings. The van der Waals surface area contributed by atoms with Crippen molar-refractivity contribution in [1.82, 2.24) is 20.8 Å². The molecule has 1 aliphatic heterocycles. The van der Waals surface area contributed by atoms with Crippen LogP contribution in [0.25, 0.3) is 0 Å². The van der Waals surface area contributed by atoms with E-state index in [1.165, 1.54) is 0 Å². The summed E-state index contributed by atoms with van der Waals surface area (Å²) in [5.41, 5.74) is 0. The number of hydrogen-bond acceptors (Lipinski definition) is 6. The molecule has 0 saturated carbocycles. The zero-order valence-electron chi connectivity index (χ0n) is 9.90. The highest BCUT2D eigenvalue weighted by atomic mass is 16.5. The molecule has 0 spiro atoms. The third-order valence-electron chi connectivity index (χ3n) is 2.61. The van der Waals surface area contributed by atoms with Gasteiger partial charge < -0.3 is 15.4 Å². The van der Waals surface area contributed by atoms with Crippen molar-refractivity contribution in [3.63, 3.8) is 0 Å². The molecule has 8 heteroatoms. The highest BCUT2D eigenvalue weighted by Gasteiger charge is 2.14. The largest absolute Gasteiger partial charge is 0.438 e. The van der Waals surface area contributed by atoms with Crippen LogP contribution in [0, 0.1) is 5.92 Å². The number of rotatable bonds is 4. The minimum absolute atomic E-state index is 0.00669. The van der Waals surface area contributed by atoms with Crippen LogP contribution in [-0.2, 0) is 16.0 Å². The minimum atomic E-state index is -0.654. The first-order valence-corrected chi connectivity index (χ1v) is 5.84. The van der Waals surface area contributed by atoms with Crippen LogP contribution in [0.2, 0.25) is 0 Å². The molecule has 0 aromatic carbocycles. The summed E-state index contributed by atoms with van der Waals surface area (Å²) in [7, 11) is 0. The van der Waals surface area contributed by atoms with Crippen LogP contribution in [0.1, 0.15) is 5.82 Å². The van der Waals surface area contributed by atoms with Crippen molar-refractivity contribution < 1.29 is 14.1 Å². The molecule has 1 aromatic heterocycles. The monoisotopic (exact) mass is 256 g/mol. The maximum Gasteiger partial charge on any atom is 0.438 e. The molecule has 0 bridgehead atoms. The first-order valence-electron chi connectivity index (χ1n) is 5.84. The van der Waals surface area contributed by atoms with Gasteiger partial charge in [0.15, 0.2) is 5.82 Å². The summed E-state index contributed by atoms with van der Waals surface area (Å²) in [4.78, 5) is 24.6. The zero-order chi connectivity index (χ0) is 12.8. The number of nitrogens with zero attached hydrogens (tertiary/aromatic N) is 1. The summed E-state index contributed by atoms with van der Waals surface area (Å²) in [6.07, 6.45) is 0.00669. The lowest BCUT2D eigenvalue weighted by atomic mass is 10.1. The molecule has 18 heavy (non-hydrogen) atoms. The second-order valence-electron chi connectivity index (χ2n) is 4.17. The number of hydrogen-bond donors (Lipinski definition) is 3. The molecule has 0 radical (unpaired) electrons. The maximum absolute atomic E-state index is 11.6. The van der Waals surface area contributed by atoms with Crippen LogP contribution in [0.15, 0.2) is 9.32 Å². The van der Waals surface area contributed by atoms with E-state index in [0.29, 0.717) is 19.8 Å². The number of carbonyl (C=O) groups excluding carboxylic acids is 1. The quantitative estimate of drug-likeness (QED) is 0.590. The number of aromatic amines is 1. The average Bonchev–Trinajstić information content (AvgIpc) is 2.62. The van der Waals surface area contributed by atoms with E-state index in [1.807, 2.05) is 0 Å². The standard InChI is InChI=1S/C10H16N4O4/c15-9(3-8-13-10(16)18-14-8)12-5-7-4-11-1-2-17-6-7/h7,11H,1-6H2,(H,12,15)(H,13,14,16). The first kappa shape index (κ1) is 12.8. The Balaban J connectivity index is 1.72. The molecule has 1 atom stereocenters. The SMILES string of the molecule is O=C(Cc1noc(=O)[nH]1)NCC1CNCCOC1. The Morgan fingerprint density at radius 3 is 3.22 bits per heavy atom. The third-order valence-corrected chi connectivity index (χ3v) is 2.61. The molecule has 1 saturated heterocycles. The molecular formula is C10H16N4O4. The van der Waals surface area contributed by atoms with Gasteiger partial charge >= 0.3 is 5.76 Å². The fourth-order valence-corrected chi connectivity index (χ4v) is 1.70. The minimum Gasteiger partial charge on any atom is -0.380 e. The van der Waals surface area contributed by atoms with Crippen molar-refractivity contribution in [2.45, 2.75) is 6.42 Å². The Hall–Kier alpha value is -1.67. The Kier molecular flexibility index (Phi) is 4.48. The van der Waals surface area contributed by atoms with Gasteiger partial charge in [0.1, 0.15) is 0 Å². The van der Waals surface area contributed by atoms with Gasteiger partial charge in [-0.25, -0.2) is 4.79 Å². The van der Waals surface area contributed by atoms with Gasteiger partial charge in [0.05, 0.1) is 19.6 Å². The summed E-state index contributed by atoms with van der Waals surface area (Å²) >= 11 is 0. The lowest BCUT2D eigenvalue weighted by Crippen LogP contribution is -2.36. The van der Waals surface area contributed by atoms with Crippen LogP contribution in [-0.4, -0.2) is 48.9 Å². The lowest BCUT2D eigenvalue weighted by molar-refractivity contribution is -0.120. The van der Waals surface area contributed by atoms with E-state index in [9.17, 15) is 9.59 Å². The fourth-order valence-electron chi connectivity index (χ4n) is 1.70. The van der Waals surface area contributed by atoms with Crippen LogP contribution < -0.4 is 16.4 Å². The Labute approximate surface area is 103 Å². The molecule has 1 unspecified atom stereocenters. The second kappa shape index (κ2) is 6.31. The van der Waals surface area contributed by atoms with Crippen molar-refractivity contribution in [2.75, 3.05) is 32.8 Å². The molecule has 1 amide bonds. The van der Waals surface area contributed by atoms with Crippen LogP contribution >= 0.6 is 0 Å². The topological polar surface area (TPSA) is 109 Å². The molecule has 100 valence electrons. The summed E-state index contributed by atoms with van der Waals surface area (Å²) in [5.74, 6) is -0.372. The normalized spacial score (nSPS) is 20.3. The van der Waals surface area contributed by atoms with E-state index < -0.39 is 5.76 Å². The van der Waals surface area contributed by atoms with E-state index in [-0.39, 0.29) is 24.1 Å². The van der Waals surface area contributed by atoms with Gasteiger partial charge in [-0.1, -0.05) is 5.16 Å². The highest BCUT2D eigenvalue weighted by molar-refractivity contribution is 5.77.